The number of benzene rings is 1. The molecule has 0 aromatic heterocycles. The van der Waals surface area contributed by atoms with Gasteiger partial charge in [-0.15, -0.1) is 0 Å². The van der Waals surface area contributed by atoms with Gasteiger partial charge in [-0.25, -0.2) is 0 Å². The molecule has 3 N–H and O–H groups in total. The number of methoxy groups -OCH3 is 1. The molecule has 1 aromatic carbocycles. The Bertz CT molecular complexity index is 444. The van der Waals surface area contributed by atoms with Crippen molar-refractivity contribution < 1.29 is 4.74 Å². The Morgan fingerprint density at radius 3 is 2.85 bits per heavy atom. The van der Waals surface area contributed by atoms with Crippen LogP contribution in [0.1, 0.15) is 19.8 Å². The number of hydrogen-bond acceptors (Lipinski definition) is 3. The lowest BCUT2D eigenvalue weighted by atomic mass is 10.2. The molecule has 5 nitrogen and oxygen atoms in total. The Balaban J connectivity index is 1.86. The number of likely N-dealkylation sites (N-methyl/N-ethyl adjacent to an activating group) is 1. The number of hydrogen-bond donors (Lipinski definition) is 2. The third-order valence-corrected chi connectivity index (χ3v) is 3.74. The number of nitrogens with zero attached hydrogens (tertiary/aromatic N) is 2. The fourth-order valence-electron chi connectivity index (χ4n) is 2.58. The summed E-state index contributed by atoms with van der Waals surface area (Å²) in [6, 6.07) is 8.18. The summed E-state index contributed by atoms with van der Waals surface area (Å²) in [5.41, 5.74) is 6.85. The lowest BCUT2D eigenvalue weighted by molar-refractivity contribution is 0.273. The first-order valence-electron chi connectivity index (χ1n) is 7.18. The van der Waals surface area contributed by atoms with Crippen LogP contribution in [0.5, 0.6) is 5.75 Å². The number of rotatable bonds is 5. The van der Waals surface area contributed by atoms with Gasteiger partial charge in [-0.05, 0) is 50.2 Å². The maximum Gasteiger partial charge on any atom is 0.193 e. The van der Waals surface area contributed by atoms with Crippen LogP contribution in [0, 0.1) is 0 Å². The monoisotopic (exact) mass is 276 g/mol. The summed E-state index contributed by atoms with van der Waals surface area (Å²) < 4.78 is 5.12. The number of nitrogens with one attached hydrogen (secondary N) is 1. The molecule has 1 atom stereocenters. The smallest absolute Gasteiger partial charge is 0.193 e. The Morgan fingerprint density at radius 1 is 1.45 bits per heavy atom. The average molecular weight is 276 g/mol. The molecule has 5 heteroatoms. The number of guanidine groups is 1. The molecular formula is C15H24N4O. The first-order valence-corrected chi connectivity index (χ1v) is 7.18. The fourth-order valence-corrected chi connectivity index (χ4v) is 2.58. The van der Waals surface area contributed by atoms with E-state index in [-0.39, 0.29) is 0 Å². The third-order valence-electron chi connectivity index (χ3n) is 3.74. The zero-order valence-electron chi connectivity index (χ0n) is 12.3. The molecule has 0 amide bonds. The molecule has 1 saturated heterocycles. The molecule has 1 aliphatic rings. The molecule has 1 aromatic rings. The average Bonchev–Trinajstić information content (AvgIpc) is 2.93. The Morgan fingerprint density at radius 2 is 2.20 bits per heavy atom. The molecule has 0 aliphatic carbocycles. The highest BCUT2D eigenvalue weighted by atomic mass is 16.5. The Kier molecular flexibility index (Phi) is 5.24. The SMILES string of the molecule is CCN1CCCC1CN=C(N)Nc1ccc(OC)cc1. The zero-order valence-corrected chi connectivity index (χ0v) is 12.3. The molecule has 0 spiro atoms. The lowest BCUT2D eigenvalue weighted by Gasteiger charge is -2.20. The van der Waals surface area contributed by atoms with Gasteiger partial charge < -0.3 is 15.8 Å². The Hall–Kier alpha value is -1.75. The van der Waals surface area contributed by atoms with E-state index >= 15 is 0 Å². The van der Waals surface area contributed by atoms with Crippen LogP contribution in [0.25, 0.3) is 0 Å². The summed E-state index contributed by atoms with van der Waals surface area (Å²) >= 11 is 0. The fraction of sp³-hybridized carbons (Fsp3) is 0.533. The van der Waals surface area contributed by atoms with Crippen molar-refractivity contribution in [2.75, 3.05) is 32.1 Å². The minimum absolute atomic E-state index is 0.470. The van der Waals surface area contributed by atoms with Crippen LogP contribution >= 0.6 is 0 Å². The minimum atomic E-state index is 0.470. The van der Waals surface area contributed by atoms with Crippen molar-refractivity contribution in [1.29, 1.82) is 0 Å². The molecule has 1 unspecified atom stereocenters. The standard InChI is InChI=1S/C15H24N4O/c1-3-19-10-4-5-13(19)11-17-15(16)18-12-6-8-14(20-2)9-7-12/h6-9,13H,3-5,10-11H2,1-2H3,(H3,16,17,18). The number of ether oxygens (including phenoxy) is 1. The second-order valence-electron chi connectivity index (χ2n) is 5.00. The normalized spacial score (nSPS) is 20.1. The van der Waals surface area contributed by atoms with Gasteiger partial charge in [0.25, 0.3) is 0 Å². The summed E-state index contributed by atoms with van der Waals surface area (Å²) in [5.74, 6) is 1.30. The summed E-state index contributed by atoms with van der Waals surface area (Å²) in [6.45, 7) is 5.23. The van der Waals surface area contributed by atoms with Crippen molar-refractivity contribution in [2.24, 2.45) is 10.7 Å². The number of likely N-dealkylation sites (tertiary alicyclic amines) is 1. The quantitative estimate of drug-likeness (QED) is 0.637. The van der Waals surface area contributed by atoms with Gasteiger partial charge in [0, 0.05) is 11.7 Å². The van der Waals surface area contributed by atoms with Gasteiger partial charge >= 0.3 is 0 Å². The topological polar surface area (TPSA) is 62.9 Å². The van der Waals surface area contributed by atoms with Crippen LogP contribution < -0.4 is 15.8 Å². The minimum Gasteiger partial charge on any atom is -0.497 e. The van der Waals surface area contributed by atoms with E-state index in [4.69, 9.17) is 10.5 Å². The maximum atomic E-state index is 5.93. The van der Waals surface area contributed by atoms with Crippen LogP contribution in [-0.4, -0.2) is 43.6 Å². The highest BCUT2D eigenvalue weighted by Gasteiger charge is 2.22. The highest BCUT2D eigenvalue weighted by Crippen LogP contribution is 2.17. The number of nitrogens with two attached hydrogens (primary N) is 1. The van der Waals surface area contributed by atoms with Crippen molar-refractivity contribution >= 4 is 11.6 Å². The maximum absolute atomic E-state index is 5.93. The van der Waals surface area contributed by atoms with Crippen molar-refractivity contribution in [2.45, 2.75) is 25.8 Å². The van der Waals surface area contributed by atoms with Crippen LogP contribution in [0.15, 0.2) is 29.3 Å². The first kappa shape index (κ1) is 14.7. The molecule has 0 radical (unpaired) electrons. The Labute approximate surface area is 120 Å². The van der Waals surface area contributed by atoms with E-state index in [0.717, 1.165) is 24.5 Å². The highest BCUT2D eigenvalue weighted by molar-refractivity contribution is 5.92. The number of aliphatic imine (C=N–C) groups is 1. The zero-order chi connectivity index (χ0) is 14.4. The van der Waals surface area contributed by atoms with Gasteiger partial charge in [-0.3, -0.25) is 9.89 Å². The summed E-state index contributed by atoms with van der Waals surface area (Å²) in [5, 5.41) is 3.10. The van der Waals surface area contributed by atoms with E-state index in [1.54, 1.807) is 7.11 Å². The molecule has 20 heavy (non-hydrogen) atoms. The summed E-state index contributed by atoms with van der Waals surface area (Å²) in [7, 11) is 1.65. The van der Waals surface area contributed by atoms with E-state index in [1.165, 1.54) is 19.4 Å². The van der Waals surface area contributed by atoms with Gasteiger partial charge in [0.1, 0.15) is 5.75 Å². The molecular weight excluding hydrogens is 252 g/mol. The van der Waals surface area contributed by atoms with Crippen LogP contribution in [-0.2, 0) is 0 Å². The molecule has 1 aliphatic heterocycles. The molecule has 1 heterocycles. The van der Waals surface area contributed by atoms with Crippen LogP contribution in [0.4, 0.5) is 5.69 Å². The lowest BCUT2D eigenvalue weighted by Crippen LogP contribution is -2.33. The largest absolute Gasteiger partial charge is 0.497 e. The molecule has 2 rings (SSSR count). The van der Waals surface area contributed by atoms with Crippen molar-refractivity contribution in [3.8, 4) is 5.75 Å². The van der Waals surface area contributed by atoms with Crippen molar-refractivity contribution in [3.63, 3.8) is 0 Å². The van der Waals surface area contributed by atoms with Gasteiger partial charge in [0.2, 0.25) is 0 Å². The second kappa shape index (κ2) is 7.14. The molecule has 1 fully saturated rings. The molecule has 0 bridgehead atoms. The van der Waals surface area contributed by atoms with Crippen LogP contribution in [0.2, 0.25) is 0 Å². The summed E-state index contributed by atoms with van der Waals surface area (Å²) in [4.78, 5) is 6.92. The third kappa shape index (κ3) is 3.87. The van der Waals surface area contributed by atoms with Crippen molar-refractivity contribution in [3.05, 3.63) is 24.3 Å². The molecule has 110 valence electrons. The first-order chi connectivity index (χ1) is 9.72. The van der Waals surface area contributed by atoms with E-state index < -0.39 is 0 Å². The summed E-state index contributed by atoms with van der Waals surface area (Å²) in [6.07, 6.45) is 2.48. The van der Waals surface area contributed by atoms with Gasteiger partial charge in [0.05, 0.1) is 13.7 Å². The number of anilines is 1. The van der Waals surface area contributed by atoms with Gasteiger partial charge in [-0.1, -0.05) is 6.92 Å². The van der Waals surface area contributed by atoms with Gasteiger partial charge in [0.15, 0.2) is 5.96 Å². The molecule has 0 saturated carbocycles. The predicted molar refractivity (Wildman–Crippen MR) is 83.4 cm³/mol. The van der Waals surface area contributed by atoms with Crippen LogP contribution in [0.3, 0.4) is 0 Å². The van der Waals surface area contributed by atoms with E-state index in [9.17, 15) is 0 Å². The van der Waals surface area contributed by atoms with Crippen molar-refractivity contribution in [1.82, 2.24) is 4.90 Å². The van der Waals surface area contributed by atoms with E-state index in [1.807, 2.05) is 24.3 Å². The predicted octanol–water partition coefficient (Wildman–Crippen LogP) is 1.91. The second-order valence-corrected chi connectivity index (χ2v) is 5.00. The van der Waals surface area contributed by atoms with E-state index in [2.05, 4.69) is 22.1 Å². The van der Waals surface area contributed by atoms with E-state index in [0.29, 0.717) is 12.0 Å². The van der Waals surface area contributed by atoms with Gasteiger partial charge in [-0.2, -0.15) is 0 Å².